The van der Waals surface area contributed by atoms with Crippen molar-refractivity contribution in [1.82, 2.24) is 9.88 Å². The number of cyclic esters (lactones) is 1. The van der Waals surface area contributed by atoms with Crippen LogP contribution in [0.1, 0.15) is 42.5 Å². The van der Waals surface area contributed by atoms with Crippen LogP contribution in [-0.2, 0) is 20.7 Å². The number of aliphatic imine (C=N–C) groups is 2. The summed E-state index contributed by atoms with van der Waals surface area (Å²) in [5.41, 5.74) is 4.06. The molecule has 0 radical (unpaired) electrons. The van der Waals surface area contributed by atoms with Crippen LogP contribution in [0.5, 0.6) is 0 Å². The van der Waals surface area contributed by atoms with Crippen molar-refractivity contribution in [3.63, 3.8) is 0 Å². The fraction of sp³-hybridized carbons (Fsp3) is 0.333. The molecule has 1 amide bonds. The summed E-state index contributed by atoms with van der Waals surface area (Å²) in [7, 11) is 0. The van der Waals surface area contributed by atoms with Gasteiger partial charge in [-0.1, -0.05) is 25.5 Å². The van der Waals surface area contributed by atoms with E-state index in [1.165, 1.54) is 16.8 Å². The van der Waals surface area contributed by atoms with Gasteiger partial charge in [0.25, 0.3) is 0 Å². The van der Waals surface area contributed by atoms with Crippen LogP contribution in [0.15, 0.2) is 46.5 Å². The molecule has 2 aromatic rings. The number of amides is 1. The number of esters is 1. The number of hydrogen-bond donors (Lipinski definition) is 0. The van der Waals surface area contributed by atoms with Crippen molar-refractivity contribution in [2.75, 3.05) is 6.54 Å². The molecule has 0 spiro atoms. The van der Waals surface area contributed by atoms with Crippen molar-refractivity contribution in [3.05, 3.63) is 58.8 Å². The maximum atomic E-state index is 11.2. The molecule has 3 rings (SSSR count). The number of nitrogens with zero attached hydrogens (tertiary/aromatic N) is 5. The largest absolute Gasteiger partial charge is 0.408 e. The number of pyridine rings is 1. The van der Waals surface area contributed by atoms with Crippen LogP contribution >= 0.6 is 0 Å². The predicted octanol–water partition coefficient (Wildman–Crippen LogP) is 3.67. The van der Waals surface area contributed by atoms with Crippen LogP contribution in [0.25, 0.3) is 0 Å². The molecule has 166 valence electrons. The minimum atomic E-state index is -0.522. The van der Waals surface area contributed by atoms with E-state index in [2.05, 4.69) is 28.0 Å². The Bertz CT molecular complexity index is 1040. The van der Waals surface area contributed by atoms with Gasteiger partial charge in [0.1, 0.15) is 12.6 Å². The molecule has 2 heterocycles. The molecule has 32 heavy (non-hydrogen) atoms. The maximum absolute atomic E-state index is 11.2. The fourth-order valence-electron chi connectivity index (χ4n) is 2.74. The zero-order valence-electron chi connectivity index (χ0n) is 18.8. The van der Waals surface area contributed by atoms with E-state index in [0.717, 1.165) is 29.5 Å². The highest BCUT2D eigenvalue weighted by molar-refractivity contribution is 5.99. The lowest BCUT2D eigenvalue weighted by Gasteiger charge is -2.10. The Balaban J connectivity index is 0.000000278. The van der Waals surface area contributed by atoms with Crippen molar-refractivity contribution in [2.45, 2.75) is 46.6 Å². The lowest BCUT2D eigenvalue weighted by Crippen LogP contribution is -2.28. The van der Waals surface area contributed by atoms with Gasteiger partial charge >= 0.3 is 5.97 Å². The number of hydrogen-bond acceptors (Lipinski definition) is 7. The lowest BCUT2D eigenvalue weighted by molar-refractivity contribution is -0.134. The number of benzene rings is 1. The average molecular weight is 434 g/mol. The van der Waals surface area contributed by atoms with Crippen molar-refractivity contribution < 1.29 is 14.3 Å². The number of carbonyl (C=O) groups excluding carboxylic acids is 2. The third kappa shape index (κ3) is 7.13. The van der Waals surface area contributed by atoms with Gasteiger partial charge in [0.2, 0.25) is 12.3 Å². The summed E-state index contributed by atoms with van der Waals surface area (Å²) in [6, 6.07) is 11.2. The first-order valence-corrected chi connectivity index (χ1v) is 10.3. The van der Waals surface area contributed by atoms with Gasteiger partial charge in [-0.3, -0.25) is 9.69 Å². The zero-order chi connectivity index (χ0) is 23.5. The fourth-order valence-corrected chi connectivity index (χ4v) is 2.74. The second kappa shape index (κ2) is 12.1. The molecule has 0 aliphatic carbocycles. The molecular weight excluding hydrogens is 406 g/mol. The molecule has 8 nitrogen and oxygen atoms in total. The molecule has 1 aromatic heterocycles. The molecule has 0 fully saturated rings. The highest BCUT2D eigenvalue weighted by Crippen LogP contribution is 2.17. The van der Waals surface area contributed by atoms with Gasteiger partial charge in [-0.05, 0) is 62.1 Å². The van der Waals surface area contributed by atoms with Crippen LogP contribution in [0.2, 0.25) is 0 Å². The van der Waals surface area contributed by atoms with Crippen molar-refractivity contribution in [1.29, 1.82) is 5.26 Å². The van der Waals surface area contributed by atoms with E-state index in [4.69, 9.17) is 10.00 Å². The first kappa shape index (κ1) is 24.4. The molecule has 1 unspecified atom stereocenters. The van der Waals surface area contributed by atoms with Crippen molar-refractivity contribution >= 4 is 30.4 Å². The lowest BCUT2D eigenvalue weighted by atomic mass is 10.1. The van der Waals surface area contributed by atoms with Crippen LogP contribution in [0.3, 0.4) is 0 Å². The molecule has 0 N–H and O–H groups in total. The predicted molar refractivity (Wildman–Crippen MR) is 123 cm³/mol. The standard InChI is InChI=1S/C14H16N4O3.C10H11N/c1-9-4-5-15-13(10(9)2)16-7-18(8-19)6-12-17-11(3)14(20)21-12;1-2-3-9-4-6-10(8-11)7-5-9/h4-5,7-8,11H,6H2,1-3H3;4-7H,2-3H2,1H3. The van der Waals surface area contributed by atoms with E-state index in [9.17, 15) is 9.59 Å². The van der Waals surface area contributed by atoms with Gasteiger partial charge in [-0.15, -0.1) is 0 Å². The highest BCUT2D eigenvalue weighted by atomic mass is 16.6. The van der Waals surface area contributed by atoms with Gasteiger partial charge in [-0.2, -0.15) is 5.26 Å². The Hall–Kier alpha value is -3.86. The summed E-state index contributed by atoms with van der Waals surface area (Å²) in [6.45, 7) is 7.72. The Morgan fingerprint density at radius 3 is 2.53 bits per heavy atom. The molecule has 1 aliphatic heterocycles. The number of aromatic nitrogens is 1. The number of aryl methyl sites for hydroxylation is 2. The third-order valence-electron chi connectivity index (χ3n) is 4.75. The second-order valence-corrected chi connectivity index (χ2v) is 7.28. The van der Waals surface area contributed by atoms with Crippen LogP contribution in [-0.4, -0.2) is 47.1 Å². The topological polar surface area (TPSA) is 108 Å². The molecule has 0 bridgehead atoms. The van der Waals surface area contributed by atoms with Crippen LogP contribution in [0.4, 0.5) is 5.82 Å². The quantitative estimate of drug-likeness (QED) is 0.286. The number of nitriles is 1. The highest BCUT2D eigenvalue weighted by Gasteiger charge is 2.25. The Labute approximate surface area is 188 Å². The number of rotatable bonds is 7. The van der Waals surface area contributed by atoms with Gasteiger partial charge < -0.3 is 4.74 Å². The third-order valence-corrected chi connectivity index (χ3v) is 4.75. The molecular formula is C24H27N5O3. The summed E-state index contributed by atoms with van der Waals surface area (Å²) in [5, 5.41) is 8.51. The van der Waals surface area contributed by atoms with E-state index in [-0.39, 0.29) is 12.4 Å². The van der Waals surface area contributed by atoms with Gasteiger partial charge in [0.05, 0.1) is 18.0 Å². The molecule has 1 aliphatic rings. The van der Waals surface area contributed by atoms with E-state index >= 15 is 0 Å². The van der Waals surface area contributed by atoms with Gasteiger partial charge in [0.15, 0.2) is 5.82 Å². The Morgan fingerprint density at radius 2 is 1.97 bits per heavy atom. The van der Waals surface area contributed by atoms with Gasteiger partial charge in [-0.25, -0.2) is 19.8 Å². The van der Waals surface area contributed by atoms with E-state index in [1.807, 2.05) is 44.2 Å². The number of carbonyl (C=O) groups is 2. The summed E-state index contributed by atoms with van der Waals surface area (Å²) in [4.78, 5) is 35.9. The van der Waals surface area contributed by atoms with Gasteiger partial charge in [0, 0.05) is 6.20 Å². The first-order chi connectivity index (χ1) is 15.4. The van der Waals surface area contributed by atoms with Crippen molar-refractivity contribution in [2.24, 2.45) is 9.98 Å². The SMILES string of the molecule is CCCc1ccc(C#N)cc1.Cc1ccnc(N=CN(C=O)CC2=NC(C)C(=O)O2)c1C. The van der Waals surface area contributed by atoms with Crippen LogP contribution in [0, 0.1) is 25.2 Å². The molecule has 0 saturated heterocycles. The molecule has 1 atom stereocenters. The summed E-state index contributed by atoms with van der Waals surface area (Å²) in [6.07, 6.45) is 5.86. The van der Waals surface area contributed by atoms with E-state index < -0.39 is 12.0 Å². The smallest absolute Gasteiger partial charge is 0.337 e. The normalized spacial score (nSPS) is 14.8. The molecule has 8 heteroatoms. The first-order valence-electron chi connectivity index (χ1n) is 10.3. The monoisotopic (exact) mass is 433 g/mol. The Kier molecular flexibility index (Phi) is 9.23. The van der Waals surface area contributed by atoms with Crippen molar-refractivity contribution in [3.8, 4) is 6.07 Å². The second-order valence-electron chi connectivity index (χ2n) is 7.28. The molecule has 0 saturated carbocycles. The summed E-state index contributed by atoms with van der Waals surface area (Å²) in [5.74, 6) is 0.338. The maximum Gasteiger partial charge on any atom is 0.337 e. The minimum absolute atomic E-state index is 0.0634. The van der Waals surface area contributed by atoms with E-state index in [0.29, 0.717) is 12.2 Å². The minimum Gasteiger partial charge on any atom is -0.408 e. The Morgan fingerprint density at radius 1 is 1.25 bits per heavy atom. The summed E-state index contributed by atoms with van der Waals surface area (Å²) < 4.78 is 4.93. The average Bonchev–Trinajstić information content (AvgIpc) is 3.11. The number of ether oxygens (including phenoxy) is 1. The molecule has 1 aromatic carbocycles. The van der Waals surface area contributed by atoms with E-state index in [1.54, 1.807) is 13.1 Å². The summed E-state index contributed by atoms with van der Waals surface area (Å²) >= 11 is 0. The zero-order valence-corrected chi connectivity index (χ0v) is 18.8. The van der Waals surface area contributed by atoms with Crippen LogP contribution < -0.4 is 0 Å².